The maximum atomic E-state index is 13.4. The highest BCUT2D eigenvalue weighted by Gasteiger charge is 2.24. The quantitative estimate of drug-likeness (QED) is 0.638. The molecule has 0 atom stereocenters. The van der Waals surface area contributed by atoms with Gasteiger partial charge in [-0.1, -0.05) is 34.1 Å². The summed E-state index contributed by atoms with van der Waals surface area (Å²) < 4.78 is 27.6. The van der Waals surface area contributed by atoms with Gasteiger partial charge < -0.3 is 10.3 Å². The Morgan fingerprint density at radius 3 is 2.74 bits per heavy atom. The fraction of sp³-hybridized carbons (Fsp3) is 0.118. The molecule has 1 amide bonds. The number of carbonyl (C=O) groups excluding carboxylic acids is 1. The van der Waals surface area contributed by atoms with Crippen LogP contribution >= 0.6 is 15.9 Å². The van der Waals surface area contributed by atoms with Gasteiger partial charge >= 0.3 is 0 Å². The molecule has 6 heteroatoms. The lowest BCUT2D eigenvalue weighted by Crippen LogP contribution is -2.13. The molecule has 1 heterocycles. The number of hydrogen-bond acceptors (Lipinski definition) is 1. The number of aromatic amines is 1. The number of anilines is 1. The normalized spacial score (nSPS) is 11.7. The number of benzene rings is 2. The van der Waals surface area contributed by atoms with Crippen molar-refractivity contribution in [2.75, 3.05) is 5.32 Å². The smallest absolute Gasteiger partial charge is 0.270 e. The zero-order valence-corrected chi connectivity index (χ0v) is 13.7. The van der Waals surface area contributed by atoms with Crippen LogP contribution in [0.3, 0.4) is 0 Å². The number of nitrogens with one attached hydrogen (secondary N) is 2. The Balaban J connectivity index is 1.89. The maximum absolute atomic E-state index is 13.4. The van der Waals surface area contributed by atoms with E-state index in [1.54, 1.807) is 12.3 Å². The van der Waals surface area contributed by atoms with Crippen LogP contribution in [-0.2, 0) is 5.92 Å². The van der Waals surface area contributed by atoms with E-state index < -0.39 is 5.92 Å². The molecule has 1 aromatic heterocycles. The molecule has 0 aliphatic heterocycles. The molecule has 0 saturated carbocycles. The third-order valence-corrected chi connectivity index (χ3v) is 4.01. The zero-order valence-electron chi connectivity index (χ0n) is 12.2. The first-order valence-corrected chi connectivity index (χ1v) is 7.70. The molecule has 0 saturated heterocycles. The lowest BCUT2D eigenvalue weighted by Gasteiger charge is -2.12. The number of halogens is 3. The first-order chi connectivity index (χ1) is 10.8. The molecule has 2 aromatic carbocycles. The number of aromatic nitrogens is 1. The van der Waals surface area contributed by atoms with Crippen molar-refractivity contribution in [1.82, 2.24) is 4.98 Å². The van der Waals surface area contributed by atoms with Gasteiger partial charge in [0.25, 0.3) is 11.8 Å². The van der Waals surface area contributed by atoms with E-state index in [1.807, 2.05) is 18.2 Å². The summed E-state index contributed by atoms with van der Waals surface area (Å²) in [6.45, 7) is 0.825. The maximum Gasteiger partial charge on any atom is 0.270 e. The number of hydrogen-bond donors (Lipinski definition) is 2. The van der Waals surface area contributed by atoms with Crippen molar-refractivity contribution < 1.29 is 13.6 Å². The van der Waals surface area contributed by atoms with E-state index in [2.05, 4.69) is 26.2 Å². The Morgan fingerprint density at radius 1 is 1.22 bits per heavy atom. The molecule has 3 aromatic rings. The second-order valence-electron chi connectivity index (χ2n) is 5.32. The molecule has 0 radical (unpaired) electrons. The predicted molar refractivity (Wildman–Crippen MR) is 90.0 cm³/mol. The Morgan fingerprint density at radius 2 is 2.00 bits per heavy atom. The molecule has 3 nitrogen and oxygen atoms in total. The molecule has 2 N–H and O–H groups in total. The minimum Gasteiger partial charge on any atom is -0.360 e. The van der Waals surface area contributed by atoms with Gasteiger partial charge in [0.05, 0.1) is 5.56 Å². The van der Waals surface area contributed by atoms with Gasteiger partial charge in [0.2, 0.25) is 0 Å². The van der Waals surface area contributed by atoms with Crippen LogP contribution in [0.2, 0.25) is 0 Å². The number of alkyl halides is 2. The third kappa shape index (κ3) is 3.27. The minimum atomic E-state index is -2.95. The Kier molecular flexibility index (Phi) is 3.93. The Labute approximate surface area is 139 Å². The molecular formula is C17H13BrF2N2O. The van der Waals surface area contributed by atoms with Crippen molar-refractivity contribution in [3.8, 4) is 0 Å². The molecular weight excluding hydrogens is 366 g/mol. The van der Waals surface area contributed by atoms with E-state index in [0.29, 0.717) is 11.3 Å². The van der Waals surface area contributed by atoms with Crippen molar-refractivity contribution in [3.05, 3.63) is 64.3 Å². The van der Waals surface area contributed by atoms with Crippen molar-refractivity contribution in [2.24, 2.45) is 0 Å². The molecule has 23 heavy (non-hydrogen) atoms. The molecule has 0 unspecified atom stereocenters. The van der Waals surface area contributed by atoms with Gasteiger partial charge in [-0.05, 0) is 24.3 Å². The van der Waals surface area contributed by atoms with E-state index in [1.165, 1.54) is 18.2 Å². The van der Waals surface area contributed by atoms with E-state index in [-0.39, 0.29) is 11.5 Å². The van der Waals surface area contributed by atoms with E-state index in [9.17, 15) is 13.6 Å². The number of rotatable bonds is 3. The average molecular weight is 379 g/mol. The number of amides is 1. The van der Waals surface area contributed by atoms with Crippen LogP contribution in [0.15, 0.2) is 53.1 Å². The van der Waals surface area contributed by atoms with Crippen molar-refractivity contribution >= 4 is 38.4 Å². The monoisotopic (exact) mass is 378 g/mol. The lowest BCUT2D eigenvalue weighted by molar-refractivity contribution is 0.0175. The van der Waals surface area contributed by atoms with Crippen LogP contribution in [-0.4, -0.2) is 10.9 Å². The Bertz CT molecular complexity index is 884. The summed E-state index contributed by atoms with van der Waals surface area (Å²) in [7, 11) is 0. The van der Waals surface area contributed by atoms with Crippen molar-refractivity contribution in [1.29, 1.82) is 0 Å². The van der Waals surface area contributed by atoms with Crippen LogP contribution in [0.5, 0.6) is 0 Å². The predicted octanol–water partition coefficient (Wildman–Crippen LogP) is 5.29. The molecule has 0 aliphatic rings. The summed E-state index contributed by atoms with van der Waals surface area (Å²) in [5.41, 5.74) is 1.47. The van der Waals surface area contributed by atoms with Gasteiger partial charge in [-0.25, -0.2) is 8.78 Å². The summed E-state index contributed by atoms with van der Waals surface area (Å²) in [4.78, 5) is 15.4. The molecule has 0 spiro atoms. The number of H-pyrrole nitrogens is 1. The highest BCUT2D eigenvalue weighted by Crippen LogP contribution is 2.29. The summed E-state index contributed by atoms with van der Waals surface area (Å²) in [6, 6.07) is 11.2. The van der Waals surface area contributed by atoms with Gasteiger partial charge in [-0.3, -0.25) is 4.79 Å². The molecule has 3 rings (SSSR count). The van der Waals surface area contributed by atoms with Crippen LogP contribution in [0.4, 0.5) is 14.5 Å². The fourth-order valence-electron chi connectivity index (χ4n) is 2.35. The second-order valence-corrected chi connectivity index (χ2v) is 6.23. The van der Waals surface area contributed by atoms with Crippen LogP contribution < -0.4 is 5.32 Å². The second kappa shape index (κ2) is 5.77. The molecule has 0 fully saturated rings. The molecule has 0 aliphatic carbocycles. The Hall–Kier alpha value is -2.21. The number of fused-ring (bicyclic) bond motifs is 1. The average Bonchev–Trinajstić information content (AvgIpc) is 2.89. The summed E-state index contributed by atoms with van der Waals surface area (Å²) in [5.74, 6) is -3.30. The summed E-state index contributed by atoms with van der Waals surface area (Å²) in [6.07, 6.45) is 1.60. The highest BCUT2D eigenvalue weighted by atomic mass is 79.9. The third-order valence-electron chi connectivity index (χ3n) is 3.52. The number of carbonyl (C=O) groups is 1. The zero-order chi connectivity index (χ0) is 16.6. The minimum absolute atomic E-state index is 0.141. The summed E-state index contributed by atoms with van der Waals surface area (Å²) in [5, 5.41) is 3.43. The van der Waals surface area contributed by atoms with Gasteiger partial charge in [-0.15, -0.1) is 0 Å². The van der Waals surface area contributed by atoms with E-state index in [4.69, 9.17) is 0 Å². The highest BCUT2D eigenvalue weighted by molar-refractivity contribution is 9.10. The summed E-state index contributed by atoms with van der Waals surface area (Å²) >= 11 is 3.37. The SMILES string of the molecule is CC(F)(F)c1cccc(NC(=O)c2c[nH]c3cc(Br)ccc23)c1. The molecule has 118 valence electrons. The first-order valence-electron chi connectivity index (χ1n) is 6.91. The topological polar surface area (TPSA) is 44.9 Å². The van der Waals surface area contributed by atoms with Crippen molar-refractivity contribution in [3.63, 3.8) is 0 Å². The van der Waals surface area contributed by atoms with Crippen LogP contribution in [0.1, 0.15) is 22.8 Å². The van der Waals surface area contributed by atoms with E-state index in [0.717, 1.165) is 22.3 Å². The van der Waals surface area contributed by atoms with Crippen LogP contribution in [0.25, 0.3) is 10.9 Å². The fourth-order valence-corrected chi connectivity index (χ4v) is 2.72. The van der Waals surface area contributed by atoms with Crippen molar-refractivity contribution in [2.45, 2.75) is 12.8 Å². The van der Waals surface area contributed by atoms with Gasteiger partial charge in [0.1, 0.15) is 0 Å². The van der Waals surface area contributed by atoms with E-state index >= 15 is 0 Å². The van der Waals surface area contributed by atoms with Crippen LogP contribution in [0, 0.1) is 0 Å². The standard InChI is InChI=1S/C17H13BrF2N2O/c1-17(19,20)10-3-2-4-12(7-10)22-16(23)14-9-21-15-8-11(18)5-6-13(14)15/h2-9,21H,1H3,(H,22,23). The van der Waals surface area contributed by atoms with Gasteiger partial charge in [0, 0.05) is 39.7 Å². The lowest BCUT2D eigenvalue weighted by atomic mass is 10.1. The first kappa shape index (κ1) is 15.7. The molecule has 0 bridgehead atoms. The van der Waals surface area contributed by atoms with Gasteiger partial charge in [-0.2, -0.15) is 0 Å². The van der Waals surface area contributed by atoms with Gasteiger partial charge in [0.15, 0.2) is 0 Å². The largest absolute Gasteiger partial charge is 0.360 e.